The van der Waals surface area contributed by atoms with E-state index in [9.17, 15) is 9.90 Å². The number of aliphatic hydroxyl groups is 1. The molecule has 5 unspecified atom stereocenters. The van der Waals surface area contributed by atoms with E-state index in [1.54, 1.807) is 0 Å². The van der Waals surface area contributed by atoms with Gasteiger partial charge in [0.2, 0.25) is 0 Å². The van der Waals surface area contributed by atoms with Gasteiger partial charge in [0.05, 0.1) is 116 Å². The van der Waals surface area contributed by atoms with E-state index in [1.807, 2.05) is 18.2 Å². The zero-order chi connectivity index (χ0) is 75.6. The zero-order valence-corrected chi connectivity index (χ0v) is 70.0. The molecule has 16 aliphatic rings. The van der Waals surface area contributed by atoms with Gasteiger partial charge < -0.3 is 88.6 Å². The van der Waals surface area contributed by atoms with Gasteiger partial charge in [-0.3, -0.25) is 0 Å². The maximum absolute atomic E-state index is 11.7. The Morgan fingerprint density at radius 2 is 0.870 bits per heavy atom. The second kappa shape index (κ2) is 38.8. The number of aldehydes is 1. The molecule has 0 radical (unpaired) electrons. The van der Waals surface area contributed by atoms with E-state index in [-0.39, 0.29) is 206 Å². The third-order valence-corrected chi connectivity index (χ3v) is 28.4. The fraction of sp³-hybridized carbons (Fsp3) is 0.800. The third-order valence-electron chi connectivity index (χ3n) is 28.4. The van der Waals surface area contributed by atoms with Crippen molar-refractivity contribution in [1.29, 1.82) is 0 Å². The van der Waals surface area contributed by atoms with Crippen LogP contribution < -0.4 is 12.4 Å². The smallest absolute Gasteiger partial charge is 1.00 e. The average molecular weight is 1540 g/mol. The van der Waals surface area contributed by atoms with E-state index in [0.717, 1.165) is 160 Å². The third kappa shape index (κ3) is 19.4. The molecule has 0 aromatic heterocycles. The van der Waals surface area contributed by atoms with Gasteiger partial charge in [-0.15, -0.1) is 19.7 Å². The molecule has 12 bridgehead atoms. The van der Waals surface area contributed by atoms with Crippen molar-refractivity contribution < 1.29 is 88.6 Å². The van der Waals surface area contributed by atoms with Gasteiger partial charge >= 0.3 is 23.1 Å². The second-order valence-electron chi connectivity index (χ2n) is 35.8. The maximum atomic E-state index is 11.7. The van der Waals surface area contributed by atoms with Gasteiger partial charge in [-0.2, -0.15) is 0 Å². The van der Waals surface area contributed by atoms with Crippen LogP contribution >= 0.6 is 0 Å². The van der Waals surface area contributed by atoms with E-state index >= 15 is 0 Å². The van der Waals surface area contributed by atoms with Crippen molar-refractivity contribution in [2.75, 3.05) is 0 Å². The Labute approximate surface area is 673 Å². The van der Waals surface area contributed by atoms with Crippen LogP contribution in [-0.4, -0.2) is 199 Å². The molecule has 16 rings (SSSR count). The van der Waals surface area contributed by atoms with E-state index in [4.69, 9.17) is 66.3 Å². The molecule has 0 aromatic rings. The van der Waals surface area contributed by atoms with E-state index in [0.29, 0.717) is 48.3 Å². The van der Waals surface area contributed by atoms with Crippen LogP contribution in [0.3, 0.4) is 0 Å². The van der Waals surface area contributed by atoms with E-state index in [2.05, 4.69) is 129 Å². The summed E-state index contributed by atoms with van der Waals surface area (Å²) in [6.45, 7) is 58.9. The molecule has 0 aromatic carbocycles. The molecule has 16 heterocycles. The summed E-state index contributed by atoms with van der Waals surface area (Å²) in [6, 6.07) is 0. The fourth-order valence-electron chi connectivity index (χ4n) is 21.5. The van der Waals surface area contributed by atoms with E-state index < -0.39 is 17.7 Å². The van der Waals surface area contributed by atoms with Crippen LogP contribution in [0.4, 0.5) is 0 Å². The molecule has 37 atom stereocenters. The molecule has 16 aliphatic heterocycles. The zero-order valence-electron chi connectivity index (χ0n) is 67.8. The van der Waals surface area contributed by atoms with Crippen LogP contribution in [0.15, 0.2) is 99.2 Å². The summed E-state index contributed by atoms with van der Waals surface area (Å²) in [4.78, 5) is 11.7. The molecule has 18 heteroatoms. The van der Waals surface area contributed by atoms with Gasteiger partial charge in [0, 0.05) is 56.8 Å². The Bertz CT molecular complexity index is 3020. The molecule has 604 valence electrons. The topological polar surface area (TPSA) is 167 Å². The summed E-state index contributed by atoms with van der Waals surface area (Å²) in [5.74, 6) is 2.37. The van der Waals surface area contributed by atoms with Crippen molar-refractivity contribution >= 4 is 29.3 Å². The number of hydrogen-bond donors (Lipinski definition) is 1. The molecule has 0 saturated carbocycles. The number of halogens is 1. The standard InChI is InChI=1S/C45H70O8.C42H64O8.C3H5.ClH.Mg/c1-10-13-31(46)22-34-29(8)37(19-25(4)12-3)49-39(34)23-38-28(7)26(5)20-32(48-38)15-16-35-27(6)21-33(47-35)17-18-45-24-40-42(53-45)44-43(51-40)41(52-45)30(9)36(50-44)14-11-2;1-9-11-33-28(8)38-40-41(47-33)39-37(48-40)22-42(49-38,50-39)16-14-30-20-25(5)32(44-30)13-12-29-19-24(4)26(6)35(45-29)21-36-31(15-17-43)27(7)34(46-36)18-23(3)10-2;1-3-2;;/h10-11,25-26,29-44,46H,1-2,6-7,12-24H2,3-5,8-9H3;9,17,23-24,27-41H,1,5-6,10-16,18-22H2,2-4,7-8H3;3H,1-2H2;1H;/q;;-1;;+2/p-1/t25-,26-,29-,30+,31?,32+,33+,34-,35?,36+,37-,38-,39?,40-,41+,42+,43+,44+,45-;23-,24-,27-,28+,29+,30+,31-,32?,33+,34-,35-,36?,37-,38+,39+,40+,41+,42-;;;/m11.../s1. The monoisotopic (exact) mass is 1530 g/mol. The van der Waals surface area contributed by atoms with Crippen molar-refractivity contribution in [3.63, 3.8) is 0 Å². The van der Waals surface area contributed by atoms with Gasteiger partial charge in [0.25, 0.3) is 0 Å². The summed E-state index contributed by atoms with van der Waals surface area (Å²) in [5, 5.41) is 10.8. The molecule has 0 amide bonds. The van der Waals surface area contributed by atoms with Gasteiger partial charge in [-0.1, -0.05) is 127 Å². The summed E-state index contributed by atoms with van der Waals surface area (Å²) in [7, 11) is 0. The first-order valence-corrected chi connectivity index (χ1v) is 42.2. The predicted molar refractivity (Wildman–Crippen MR) is 419 cm³/mol. The van der Waals surface area contributed by atoms with Crippen molar-refractivity contribution in [1.82, 2.24) is 0 Å². The fourth-order valence-corrected chi connectivity index (χ4v) is 21.5. The summed E-state index contributed by atoms with van der Waals surface area (Å²) in [5.41, 5.74) is 4.70. The van der Waals surface area contributed by atoms with Crippen LogP contribution in [0.2, 0.25) is 0 Å². The molecular formula is C90H139ClMgO16. The molecule has 0 aliphatic carbocycles. The Hall–Kier alpha value is -2.08. The molecule has 16 fully saturated rings. The minimum absolute atomic E-state index is 0. The summed E-state index contributed by atoms with van der Waals surface area (Å²) < 4.78 is 93.8. The minimum atomic E-state index is -0.645. The SMILES string of the molecule is C=CCC(O)C[C@H]1C(C[C@H]2O[C@@H](CCC3O[C@@H](CC[C@@]45C[C@H]6O[C@@H]7[C@@H](O[C@@H](CC=C)[C@H](C)[C@@H]7O4)[C@H]6O5)CC3=C)C[C@@H](C)C2=C)O[C@H](C[C@H](C)CC)[C@@H]1C.C=CC[C@@H]1O[C@@H]2[C@H]3O[C@@H]4C[C@@](CC[C@H]5CC(=C)C(CC[C@H]6C[C@@H](C)C(=C)[C@@H](CC7O[C@H](C[C@H](C)CC)[C@H](C)[C@H]7CC=O)O6)O5)(O[C@H]24)O[C@H]3[C@H]1C.C=C[CH2-].[Cl-].[Mg+2]. The normalized spacial score (nSPS) is 45.8. The number of hydrogen-bond acceptors (Lipinski definition) is 16. The minimum Gasteiger partial charge on any atom is -1.00 e. The largest absolute Gasteiger partial charge is 2.00 e. The van der Waals surface area contributed by atoms with Crippen LogP contribution in [0.25, 0.3) is 0 Å². The molecule has 0 spiro atoms. The number of carbonyl (C=O) groups is 1. The average Bonchev–Trinajstić information content (AvgIpc) is 1.56. The Morgan fingerprint density at radius 3 is 1.28 bits per heavy atom. The number of ether oxygens (including phenoxy) is 14. The number of rotatable bonds is 32. The summed E-state index contributed by atoms with van der Waals surface area (Å²) in [6.07, 6.45) is 30.1. The quantitative estimate of drug-likeness (QED) is 0.0292. The van der Waals surface area contributed by atoms with Gasteiger partial charge in [0.15, 0.2) is 11.6 Å². The van der Waals surface area contributed by atoms with Crippen molar-refractivity contribution in [2.45, 2.75) is 394 Å². The molecule has 16 nitrogen and oxygen atoms in total. The predicted octanol–water partition coefficient (Wildman–Crippen LogP) is 13.7. The van der Waals surface area contributed by atoms with E-state index in [1.165, 1.54) is 22.8 Å². The van der Waals surface area contributed by atoms with Gasteiger partial charge in [-0.25, -0.2) is 19.6 Å². The van der Waals surface area contributed by atoms with Crippen molar-refractivity contribution in [3.05, 3.63) is 106 Å². The number of carbonyl (C=O) groups excluding carboxylic acids is 1. The van der Waals surface area contributed by atoms with Crippen LogP contribution in [0, 0.1) is 66.1 Å². The Balaban J connectivity index is 0.000000219. The van der Waals surface area contributed by atoms with Crippen molar-refractivity contribution in [2.24, 2.45) is 59.2 Å². The van der Waals surface area contributed by atoms with Crippen LogP contribution in [0.5, 0.6) is 0 Å². The molecule has 108 heavy (non-hydrogen) atoms. The first-order valence-electron chi connectivity index (χ1n) is 42.2. The first-order chi connectivity index (χ1) is 50.9. The Kier molecular flexibility index (Phi) is 31.7. The maximum Gasteiger partial charge on any atom is 2.00 e. The molecule has 16 saturated heterocycles. The number of aliphatic hydroxyl groups excluding tert-OH is 1. The van der Waals surface area contributed by atoms with Crippen LogP contribution in [-0.2, 0) is 71.1 Å². The second-order valence-corrected chi connectivity index (χ2v) is 35.8. The van der Waals surface area contributed by atoms with Gasteiger partial charge in [-0.05, 0) is 172 Å². The van der Waals surface area contributed by atoms with Crippen LogP contribution in [0.1, 0.15) is 230 Å². The number of allylic oxidation sites excluding steroid dienone is 1. The van der Waals surface area contributed by atoms with Crippen molar-refractivity contribution in [3.8, 4) is 0 Å². The summed E-state index contributed by atoms with van der Waals surface area (Å²) >= 11 is 0. The molecular weight excluding hydrogens is 1400 g/mol. The molecule has 1 N–H and O–H groups in total. The Morgan fingerprint density at radius 1 is 0.472 bits per heavy atom. The first kappa shape index (κ1) is 88.3. The van der Waals surface area contributed by atoms with Gasteiger partial charge in [0.1, 0.15) is 42.9 Å².